The number of aromatic nitrogens is 1. The lowest BCUT2D eigenvalue weighted by Crippen LogP contribution is -2.53. The average molecular weight is 480 g/mol. The Morgan fingerprint density at radius 3 is 2.70 bits per heavy atom. The number of nitrogens with one attached hydrogen (secondary N) is 2. The van der Waals surface area contributed by atoms with Crippen molar-refractivity contribution in [1.29, 1.82) is 0 Å². The van der Waals surface area contributed by atoms with Crippen molar-refractivity contribution in [2.24, 2.45) is 28.6 Å². The van der Waals surface area contributed by atoms with E-state index in [0.717, 1.165) is 25.0 Å². The Morgan fingerprint density at radius 2 is 2.06 bits per heavy atom. The predicted molar refractivity (Wildman–Crippen MR) is 131 cm³/mol. The highest BCUT2D eigenvalue weighted by Crippen LogP contribution is 2.57. The van der Waals surface area contributed by atoms with Crippen LogP contribution in [0, 0.1) is 28.6 Å². The van der Waals surface area contributed by atoms with Gasteiger partial charge in [-0.2, -0.15) is 0 Å². The highest BCUT2D eigenvalue weighted by atomic mass is 32.1. The number of methoxy groups -OCH3 is 1. The van der Waals surface area contributed by atoms with E-state index >= 15 is 0 Å². The van der Waals surface area contributed by atoms with E-state index in [1.54, 1.807) is 18.4 Å². The minimum absolute atomic E-state index is 0.0155. The fraction of sp³-hybridized carbons (Fsp3) is 0.800. The third kappa shape index (κ3) is 5.77. The molecule has 1 aromatic rings. The Balaban J connectivity index is 1.76. The second-order valence-electron chi connectivity index (χ2n) is 11.5. The molecule has 0 spiro atoms. The van der Waals surface area contributed by atoms with Gasteiger partial charge >= 0.3 is 0 Å². The fourth-order valence-corrected chi connectivity index (χ4v) is 7.16. The van der Waals surface area contributed by atoms with E-state index in [4.69, 9.17) is 9.72 Å². The molecule has 8 heteroatoms. The van der Waals surface area contributed by atoms with E-state index < -0.39 is 6.10 Å². The van der Waals surface area contributed by atoms with Crippen molar-refractivity contribution in [2.45, 2.75) is 79.2 Å². The largest absolute Gasteiger partial charge is 0.392 e. The van der Waals surface area contributed by atoms with Crippen LogP contribution in [0.25, 0.3) is 0 Å². The average Bonchev–Trinajstić information content (AvgIpc) is 3.07. The summed E-state index contributed by atoms with van der Waals surface area (Å²) in [5.41, 5.74) is 0.862. The predicted octanol–water partition coefficient (Wildman–Crippen LogP) is 3.97. The standard InChI is InChI=1S/C25H41N3O4S/c1-14(22(31)26-10-11-32-7)16-8-9-25(6)12-17-20(15(2)19(25)21(16)30)28-23(33-17)27-18(29)13-24(3,4)5/h14-16,19,21,30H,8-13H2,1-7H3,(H,26,31)(H,27,28,29)/t14-,15+,16-,19+,21-,25+/m0/s1. The van der Waals surface area contributed by atoms with Crippen LogP contribution in [0.15, 0.2) is 0 Å². The maximum atomic E-state index is 12.7. The van der Waals surface area contributed by atoms with Crippen LogP contribution < -0.4 is 10.6 Å². The van der Waals surface area contributed by atoms with Gasteiger partial charge in [-0.25, -0.2) is 4.98 Å². The second kappa shape index (κ2) is 10.0. The number of fused-ring (bicyclic) bond motifs is 2. The molecule has 0 radical (unpaired) electrons. The molecule has 186 valence electrons. The number of aliphatic hydroxyl groups is 1. The quantitative estimate of drug-likeness (QED) is 0.514. The van der Waals surface area contributed by atoms with Crippen molar-refractivity contribution in [3.8, 4) is 0 Å². The van der Waals surface area contributed by atoms with Crippen molar-refractivity contribution >= 4 is 28.3 Å². The number of thiazole rings is 1. The molecule has 1 saturated carbocycles. The molecule has 0 aromatic carbocycles. The summed E-state index contributed by atoms with van der Waals surface area (Å²) in [5, 5.41) is 18.1. The molecule has 2 aliphatic carbocycles. The number of amides is 2. The molecule has 1 aromatic heterocycles. The molecule has 1 fully saturated rings. The number of carbonyl (C=O) groups excluding carboxylic acids is 2. The summed E-state index contributed by atoms with van der Waals surface area (Å²) in [5.74, 6) is -0.306. The Kier molecular flexibility index (Phi) is 7.91. The lowest BCUT2D eigenvalue weighted by Gasteiger charge is -2.53. The number of carbonyl (C=O) groups is 2. The first-order valence-corrected chi connectivity index (χ1v) is 12.9. The molecule has 3 rings (SSSR count). The minimum atomic E-state index is -0.573. The van der Waals surface area contributed by atoms with Crippen molar-refractivity contribution in [3.05, 3.63) is 10.6 Å². The molecule has 6 atom stereocenters. The van der Waals surface area contributed by atoms with Crippen LogP contribution >= 0.6 is 11.3 Å². The van der Waals surface area contributed by atoms with Gasteiger partial charge in [0.2, 0.25) is 11.8 Å². The first-order chi connectivity index (χ1) is 15.4. The molecular formula is C25H41N3O4S. The molecule has 3 N–H and O–H groups in total. The van der Waals surface area contributed by atoms with Crippen LogP contribution in [0.2, 0.25) is 0 Å². The van der Waals surface area contributed by atoms with Crippen molar-refractivity contribution < 1.29 is 19.4 Å². The number of rotatable bonds is 7. The lowest BCUT2D eigenvalue weighted by atomic mass is 9.53. The maximum Gasteiger partial charge on any atom is 0.226 e. The summed E-state index contributed by atoms with van der Waals surface area (Å²) < 4.78 is 5.02. The molecule has 0 aliphatic heterocycles. The number of nitrogens with zero attached hydrogens (tertiary/aromatic N) is 1. The SMILES string of the molecule is COCCNC(=O)[C@@H](C)[C@@H]1CC[C@]2(C)Cc3sc(NC(=O)CC(C)(C)C)nc3[C@H](C)[C@@H]2[C@H]1O. The third-order valence-corrected chi connectivity index (χ3v) is 8.51. The molecule has 0 bridgehead atoms. The van der Waals surface area contributed by atoms with Gasteiger partial charge in [-0.3, -0.25) is 9.59 Å². The van der Waals surface area contributed by atoms with Gasteiger partial charge in [0.15, 0.2) is 5.13 Å². The van der Waals surface area contributed by atoms with Crippen LogP contribution in [0.3, 0.4) is 0 Å². The first kappa shape index (κ1) is 26.1. The lowest BCUT2D eigenvalue weighted by molar-refractivity contribution is -0.135. The topological polar surface area (TPSA) is 101 Å². The zero-order valence-corrected chi connectivity index (χ0v) is 22.0. The molecule has 2 amide bonds. The molecule has 0 saturated heterocycles. The number of anilines is 1. The van der Waals surface area contributed by atoms with Crippen LogP contribution in [-0.4, -0.2) is 48.3 Å². The number of hydrogen-bond donors (Lipinski definition) is 3. The molecule has 33 heavy (non-hydrogen) atoms. The normalized spacial score (nSPS) is 30.2. The van der Waals surface area contributed by atoms with Crippen LogP contribution in [0.4, 0.5) is 5.13 Å². The van der Waals surface area contributed by atoms with E-state index in [1.807, 2.05) is 27.7 Å². The maximum absolute atomic E-state index is 12.7. The summed E-state index contributed by atoms with van der Waals surface area (Å²) >= 11 is 1.57. The van der Waals surface area contributed by atoms with E-state index in [2.05, 4.69) is 24.5 Å². The summed E-state index contributed by atoms with van der Waals surface area (Å²) in [6.45, 7) is 13.4. The highest BCUT2D eigenvalue weighted by molar-refractivity contribution is 7.15. The van der Waals surface area contributed by atoms with E-state index in [0.29, 0.717) is 24.7 Å². The fourth-order valence-electron chi connectivity index (χ4n) is 5.88. The van der Waals surface area contributed by atoms with Crippen molar-refractivity contribution in [2.75, 3.05) is 25.6 Å². The molecule has 2 aliphatic rings. The monoisotopic (exact) mass is 479 g/mol. The van der Waals surface area contributed by atoms with Gasteiger partial charge < -0.3 is 20.5 Å². The van der Waals surface area contributed by atoms with Crippen LogP contribution in [0.1, 0.15) is 77.3 Å². The van der Waals surface area contributed by atoms with Gasteiger partial charge in [0.05, 0.1) is 18.4 Å². The number of ether oxygens (including phenoxy) is 1. The zero-order chi connectivity index (χ0) is 24.6. The Hall–Kier alpha value is -1.51. The van der Waals surface area contributed by atoms with Crippen LogP contribution in [-0.2, 0) is 20.7 Å². The van der Waals surface area contributed by atoms with E-state index in [9.17, 15) is 14.7 Å². The zero-order valence-electron chi connectivity index (χ0n) is 21.2. The minimum Gasteiger partial charge on any atom is -0.392 e. The van der Waals surface area contributed by atoms with Crippen molar-refractivity contribution in [3.63, 3.8) is 0 Å². The van der Waals surface area contributed by atoms with Gasteiger partial charge in [0.1, 0.15) is 0 Å². The van der Waals surface area contributed by atoms with Crippen LogP contribution in [0.5, 0.6) is 0 Å². The second-order valence-corrected chi connectivity index (χ2v) is 12.6. The van der Waals surface area contributed by atoms with Crippen molar-refractivity contribution in [1.82, 2.24) is 10.3 Å². The van der Waals surface area contributed by atoms with Gasteiger partial charge in [-0.15, -0.1) is 11.3 Å². The van der Waals surface area contributed by atoms with Gasteiger partial charge in [0, 0.05) is 36.8 Å². The van der Waals surface area contributed by atoms with E-state index in [-0.39, 0.29) is 46.3 Å². The van der Waals surface area contributed by atoms with Gasteiger partial charge in [0.25, 0.3) is 0 Å². The highest BCUT2D eigenvalue weighted by Gasteiger charge is 2.53. The molecular weight excluding hydrogens is 438 g/mol. The van der Waals surface area contributed by atoms with Gasteiger partial charge in [-0.05, 0) is 41.9 Å². The summed E-state index contributed by atoms with van der Waals surface area (Å²) in [6.07, 6.45) is 2.50. The number of hydrogen-bond acceptors (Lipinski definition) is 6. The summed E-state index contributed by atoms with van der Waals surface area (Å²) in [6, 6.07) is 0. The first-order valence-electron chi connectivity index (χ1n) is 12.1. The smallest absolute Gasteiger partial charge is 0.226 e. The third-order valence-electron chi connectivity index (χ3n) is 7.52. The summed E-state index contributed by atoms with van der Waals surface area (Å²) in [7, 11) is 1.61. The summed E-state index contributed by atoms with van der Waals surface area (Å²) in [4.78, 5) is 31.1. The molecule has 1 heterocycles. The van der Waals surface area contributed by atoms with E-state index in [1.165, 1.54) is 4.88 Å². The Labute approximate surface area is 202 Å². The Morgan fingerprint density at radius 1 is 1.36 bits per heavy atom. The van der Waals surface area contributed by atoms with Gasteiger partial charge in [-0.1, -0.05) is 41.5 Å². The molecule has 7 nitrogen and oxygen atoms in total. The number of aliphatic hydroxyl groups excluding tert-OH is 1. The molecule has 0 unspecified atom stereocenters. The Bertz CT molecular complexity index is 864.